The number of rotatable bonds is 6. The Balaban J connectivity index is 1.88. The third-order valence-electron chi connectivity index (χ3n) is 3.77. The van der Waals surface area contributed by atoms with Crippen molar-refractivity contribution in [1.29, 1.82) is 0 Å². The predicted octanol–water partition coefficient (Wildman–Crippen LogP) is 1.10. The lowest BCUT2D eigenvalue weighted by Crippen LogP contribution is -2.45. The Morgan fingerprint density at radius 2 is 2.10 bits per heavy atom. The second-order valence-corrected chi connectivity index (χ2v) is 7.46. The summed E-state index contributed by atoms with van der Waals surface area (Å²) in [5, 5.41) is 3.98. The van der Waals surface area contributed by atoms with Gasteiger partial charge in [-0.05, 0) is 26.2 Å². The van der Waals surface area contributed by atoms with Gasteiger partial charge in [-0.15, -0.1) is 0 Å². The molecule has 0 aliphatic carbocycles. The van der Waals surface area contributed by atoms with Gasteiger partial charge in [0.05, 0.1) is 12.3 Å². The molecule has 1 fully saturated rings. The van der Waals surface area contributed by atoms with Gasteiger partial charge in [0.25, 0.3) is 0 Å². The summed E-state index contributed by atoms with van der Waals surface area (Å²) in [5.74, 6) is 1.40. The van der Waals surface area contributed by atoms with Crippen molar-refractivity contribution in [3.63, 3.8) is 0 Å². The van der Waals surface area contributed by atoms with Crippen LogP contribution in [0.4, 0.5) is 0 Å². The predicted molar refractivity (Wildman–Crippen MR) is 79.3 cm³/mol. The average Bonchev–Trinajstić information content (AvgIpc) is 2.86. The number of nitrogens with one attached hydrogen (secondary N) is 1. The second kappa shape index (κ2) is 6.85. The van der Waals surface area contributed by atoms with E-state index in [-0.39, 0.29) is 12.1 Å². The summed E-state index contributed by atoms with van der Waals surface area (Å²) in [6.07, 6.45) is 4.63. The highest BCUT2D eigenvalue weighted by atomic mass is 32.2. The first-order chi connectivity index (χ1) is 9.89. The number of hydrogen-bond acceptors (Lipinski definition) is 6. The van der Waals surface area contributed by atoms with E-state index in [1.165, 1.54) is 6.26 Å². The molecule has 1 aliphatic heterocycles. The summed E-state index contributed by atoms with van der Waals surface area (Å²) in [5.41, 5.74) is 0. The van der Waals surface area contributed by atoms with Crippen molar-refractivity contribution in [3.8, 4) is 0 Å². The minimum atomic E-state index is -3.13. The molecule has 1 atom stereocenters. The molecule has 1 saturated heterocycles. The molecule has 2 rings (SSSR count). The van der Waals surface area contributed by atoms with E-state index in [0.717, 1.165) is 44.6 Å². The molecule has 21 heavy (non-hydrogen) atoms. The number of piperidine rings is 1. The Hall–Kier alpha value is -0.990. The molecule has 0 saturated carbocycles. The molecule has 8 heteroatoms. The fourth-order valence-corrected chi connectivity index (χ4v) is 3.47. The number of likely N-dealkylation sites (tertiary alicyclic amines) is 1. The maximum absolute atomic E-state index is 11.2. The summed E-state index contributed by atoms with van der Waals surface area (Å²) in [6.45, 7) is 5.77. The Morgan fingerprint density at radius 1 is 1.43 bits per heavy atom. The molecule has 0 bridgehead atoms. The zero-order valence-electron chi connectivity index (χ0n) is 12.9. The van der Waals surface area contributed by atoms with Crippen LogP contribution in [-0.4, -0.2) is 48.8 Å². The number of aromatic nitrogens is 2. The summed E-state index contributed by atoms with van der Waals surface area (Å²) in [4.78, 5) is 6.68. The van der Waals surface area contributed by atoms with E-state index in [9.17, 15) is 8.42 Å². The Bertz CT molecular complexity index is 550. The number of nitrogens with zero attached hydrogens (tertiary/aromatic N) is 3. The van der Waals surface area contributed by atoms with Crippen molar-refractivity contribution in [3.05, 3.63) is 11.7 Å². The zero-order valence-corrected chi connectivity index (χ0v) is 13.7. The van der Waals surface area contributed by atoms with Crippen LogP contribution in [0.15, 0.2) is 4.52 Å². The van der Waals surface area contributed by atoms with Crippen LogP contribution in [0.1, 0.15) is 50.9 Å². The lowest BCUT2D eigenvalue weighted by molar-refractivity contribution is 0.134. The first-order valence-electron chi connectivity index (χ1n) is 7.43. The molecule has 7 nitrogen and oxygen atoms in total. The smallest absolute Gasteiger partial charge is 0.243 e. The van der Waals surface area contributed by atoms with Crippen molar-refractivity contribution < 1.29 is 12.9 Å². The first-order valence-corrected chi connectivity index (χ1v) is 9.32. The SMILES string of the molecule is CCCc1noc(C(C)N2CCC(NS(C)(=O)=O)CC2)n1. The van der Waals surface area contributed by atoms with Crippen molar-refractivity contribution in [2.75, 3.05) is 19.3 Å². The second-order valence-electron chi connectivity index (χ2n) is 5.68. The van der Waals surface area contributed by atoms with Gasteiger partial charge in [0.1, 0.15) is 0 Å². The molecule has 1 N–H and O–H groups in total. The maximum atomic E-state index is 11.2. The Morgan fingerprint density at radius 3 is 2.67 bits per heavy atom. The maximum Gasteiger partial charge on any atom is 0.243 e. The van der Waals surface area contributed by atoms with Crippen LogP contribution in [0, 0.1) is 0 Å². The molecule has 120 valence electrons. The topological polar surface area (TPSA) is 88.3 Å². The molecule has 0 radical (unpaired) electrons. The van der Waals surface area contributed by atoms with Gasteiger partial charge in [0.2, 0.25) is 15.9 Å². The van der Waals surface area contributed by atoms with Gasteiger partial charge in [0, 0.05) is 25.6 Å². The fourth-order valence-electron chi connectivity index (χ4n) is 2.63. The van der Waals surface area contributed by atoms with Gasteiger partial charge in [-0.25, -0.2) is 13.1 Å². The highest BCUT2D eigenvalue weighted by Gasteiger charge is 2.27. The van der Waals surface area contributed by atoms with E-state index < -0.39 is 10.0 Å². The van der Waals surface area contributed by atoms with Crippen molar-refractivity contribution in [2.45, 2.75) is 51.6 Å². The Labute approximate surface area is 126 Å². The number of aryl methyl sites for hydroxylation is 1. The molecule has 0 spiro atoms. The average molecular weight is 316 g/mol. The lowest BCUT2D eigenvalue weighted by Gasteiger charge is -2.34. The van der Waals surface area contributed by atoms with Gasteiger partial charge in [-0.1, -0.05) is 12.1 Å². The van der Waals surface area contributed by atoms with Crippen LogP contribution in [0.5, 0.6) is 0 Å². The van der Waals surface area contributed by atoms with E-state index in [1.807, 2.05) is 6.92 Å². The molecular weight excluding hydrogens is 292 g/mol. The molecule has 1 aliphatic rings. The quantitative estimate of drug-likeness (QED) is 0.845. The van der Waals surface area contributed by atoms with Crippen LogP contribution in [0.25, 0.3) is 0 Å². The van der Waals surface area contributed by atoms with Crippen LogP contribution in [-0.2, 0) is 16.4 Å². The zero-order chi connectivity index (χ0) is 15.5. The molecule has 1 aromatic heterocycles. The highest BCUT2D eigenvalue weighted by molar-refractivity contribution is 7.88. The Kier molecular flexibility index (Phi) is 5.34. The van der Waals surface area contributed by atoms with Crippen LogP contribution < -0.4 is 4.72 Å². The fraction of sp³-hybridized carbons (Fsp3) is 0.846. The highest BCUT2D eigenvalue weighted by Crippen LogP contribution is 2.23. The summed E-state index contributed by atoms with van der Waals surface area (Å²) in [7, 11) is -3.13. The molecule has 0 amide bonds. The van der Waals surface area contributed by atoms with Gasteiger partial charge >= 0.3 is 0 Å². The monoisotopic (exact) mass is 316 g/mol. The number of sulfonamides is 1. The van der Waals surface area contributed by atoms with Gasteiger partial charge in [-0.2, -0.15) is 4.98 Å². The third kappa shape index (κ3) is 4.76. The number of hydrogen-bond donors (Lipinski definition) is 1. The van der Waals surface area contributed by atoms with Crippen LogP contribution in [0.2, 0.25) is 0 Å². The van der Waals surface area contributed by atoms with Gasteiger partial charge < -0.3 is 4.52 Å². The van der Waals surface area contributed by atoms with Crippen molar-refractivity contribution in [2.24, 2.45) is 0 Å². The van der Waals surface area contributed by atoms with Crippen molar-refractivity contribution in [1.82, 2.24) is 19.8 Å². The molecule has 2 heterocycles. The standard InChI is InChI=1S/C13H24N4O3S/c1-4-5-12-14-13(20-15-12)10(2)17-8-6-11(7-9-17)16-21(3,18)19/h10-11,16H,4-9H2,1-3H3. The summed E-state index contributed by atoms with van der Waals surface area (Å²) < 4.78 is 30.5. The first kappa shape index (κ1) is 16.4. The molecule has 1 aromatic rings. The minimum absolute atomic E-state index is 0.0294. The van der Waals surface area contributed by atoms with Crippen molar-refractivity contribution >= 4 is 10.0 Å². The van der Waals surface area contributed by atoms with E-state index in [0.29, 0.717) is 5.89 Å². The normalized spacial score (nSPS) is 19.8. The molecule has 1 unspecified atom stereocenters. The lowest BCUT2D eigenvalue weighted by atomic mass is 10.0. The molecule has 0 aromatic carbocycles. The summed E-state index contributed by atoms with van der Waals surface area (Å²) >= 11 is 0. The van der Waals surface area contributed by atoms with Crippen LogP contribution >= 0.6 is 0 Å². The largest absolute Gasteiger partial charge is 0.338 e. The van der Waals surface area contributed by atoms with Gasteiger partial charge in [-0.3, -0.25) is 4.90 Å². The molecular formula is C13H24N4O3S. The van der Waals surface area contributed by atoms with E-state index in [4.69, 9.17) is 4.52 Å². The third-order valence-corrected chi connectivity index (χ3v) is 4.53. The van der Waals surface area contributed by atoms with E-state index in [2.05, 4.69) is 26.7 Å². The van der Waals surface area contributed by atoms with Crippen LogP contribution in [0.3, 0.4) is 0 Å². The summed E-state index contributed by atoms with van der Waals surface area (Å²) in [6, 6.07) is 0.101. The van der Waals surface area contributed by atoms with E-state index >= 15 is 0 Å². The van der Waals surface area contributed by atoms with Gasteiger partial charge in [0.15, 0.2) is 5.82 Å². The minimum Gasteiger partial charge on any atom is -0.338 e. The van der Waals surface area contributed by atoms with E-state index in [1.54, 1.807) is 0 Å².